The van der Waals surface area contributed by atoms with Crippen LogP contribution in [0.1, 0.15) is 146 Å². The molecular weight excluding hydrogens is 348 g/mol. The molecule has 164 valence electrons. The first-order valence-electron chi connectivity index (χ1n) is 13.1. The molecule has 0 radical (unpaired) electrons. The van der Waals surface area contributed by atoms with Crippen LogP contribution in [0.2, 0.25) is 0 Å². The second-order valence-corrected chi connectivity index (χ2v) is 9.28. The van der Waals surface area contributed by atoms with E-state index in [9.17, 15) is 0 Å². The topological polar surface area (TPSA) is 0 Å². The predicted molar refractivity (Wildman–Crippen MR) is 132 cm³/mol. The minimum Gasteiger partial charge on any atom is -0.0654 e. The van der Waals surface area contributed by atoms with Gasteiger partial charge in [0.2, 0.25) is 0 Å². The third-order valence-electron chi connectivity index (χ3n) is 6.93. The van der Waals surface area contributed by atoms with Crippen molar-refractivity contribution >= 4 is 5.57 Å². The van der Waals surface area contributed by atoms with Crippen LogP contribution in [0, 0.1) is 0 Å². The van der Waals surface area contributed by atoms with Gasteiger partial charge in [-0.3, -0.25) is 0 Å². The number of benzene rings is 1. The highest BCUT2D eigenvalue weighted by molar-refractivity contribution is 5.81. The fourth-order valence-electron chi connectivity index (χ4n) is 5.22. The van der Waals surface area contributed by atoms with Crippen LogP contribution in [0.5, 0.6) is 0 Å². The molecule has 1 aromatic carbocycles. The highest BCUT2D eigenvalue weighted by Gasteiger charge is 2.32. The number of hydrogen-bond donors (Lipinski definition) is 0. The molecule has 0 amide bonds. The van der Waals surface area contributed by atoms with E-state index in [1.54, 1.807) is 27.8 Å². The Morgan fingerprint density at radius 1 is 0.621 bits per heavy atom. The summed E-state index contributed by atoms with van der Waals surface area (Å²) in [6.07, 6.45) is 19.8. The lowest BCUT2D eigenvalue weighted by Crippen LogP contribution is -2.04. The first kappa shape index (κ1) is 24.2. The van der Waals surface area contributed by atoms with Crippen molar-refractivity contribution in [1.82, 2.24) is 0 Å². The number of unbranched alkanes of at least 4 members (excludes halogenated alkanes) is 5. The van der Waals surface area contributed by atoms with Crippen LogP contribution in [0.15, 0.2) is 17.7 Å². The molecule has 0 bridgehead atoms. The van der Waals surface area contributed by atoms with Gasteiger partial charge in [-0.15, -0.1) is 0 Å². The Hall–Kier alpha value is -1.04. The quantitative estimate of drug-likeness (QED) is 0.277. The minimum absolute atomic E-state index is 0.712. The molecule has 29 heavy (non-hydrogen) atoms. The summed E-state index contributed by atoms with van der Waals surface area (Å²) in [6, 6.07) is 5.08. The normalized spacial score (nSPS) is 16.0. The van der Waals surface area contributed by atoms with E-state index >= 15 is 0 Å². The van der Waals surface area contributed by atoms with Crippen LogP contribution in [0.25, 0.3) is 5.57 Å². The van der Waals surface area contributed by atoms with Crippen molar-refractivity contribution in [3.8, 4) is 0 Å². The van der Waals surface area contributed by atoms with Crippen LogP contribution in [0.4, 0.5) is 0 Å². The molecule has 0 N–H and O–H groups in total. The molecule has 1 aliphatic carbocycles. The lowest BCUT2D eigenvalue weighted by molar-refractivity contribution is 0.619. The summed E-state index contributed by atoms with van der Waals surface area (Å²) in [7, 11) is 0. The molecule has 0 aliphatic heterocycles. The van der Waals surface area contributed by atoms with E-state index in [0.717, 1.165) is 0 Å². The Morgan fingerprint density at radius 3 is 1.86 bits per heavy atom. The van der Waals surface area contributed by atoms with Crippen LogP contribution in [0.3, 0.4) is 0 Å². The number of allylic oxidation sites excluding steroid dienone is 2. The van der Waals surface area contributed by atoms with Gasteiger partial charge in [0.15, 0.2) is 0 Å². The van der Waals surface area contributed by atoms with Crippen molar-refractivity contribution in [3.63, 3.8) is 0 Å². The zero-order valence-corrected chi connectivity index (χ0v) is 20.3. The van der Waals surface area contributed by atoms with Gasteiger partial charge < -0.3 is 0 Å². The van der Waals surface area contributed by atoms with Gasteiger partial charge in [0.1, 0.15) is 0 Å². The van der Waals surface area contributed by atoms with Gasteiger partial charge in [-0.05, 0) is 85.6 Å². The van der Waals surface area contributed by atoms with Gasteiger partial charge in [-0.1, -0.05) is 90.8 Å². The molecule has 0 saturated carbocycles. The van der Waals surface area contributed by atoms with Gasteiger partial charge >= 0.3 is 0 Å². The maximum atomic E-state index is 2.56. The van der Waals surface area contributed by atoms with Gasteiger partial charge in [-0.25, -0.2) is 0 Å². The third kappa shape index (κ3) is 6.22. The summed E-state index contributed by atoms with van der Waals surface area (Å²) < 4.78 is 0. The Labute approximate surface area is 182 Å². The van der Waals surface area contributed by atoms with E-state index in [0.29, 0.717) is 5.92 Å². The monoisotopic (exact) mass is 396 g/mol. The fourth-order valence-corrected chi connectivity index (χ4v) is 5.22. The molecule has 0 aromatic heterocycles. The molecule has 1 unspecified atom stereocenters. The Morgan fingerprint density at radius 2 is 1.21 bits per heavy atom. The molecule has 0 spiro atoms. The number of rotatable bonds is 15. The van der Waals surface area contributed by atoms with Gasteiger partial charge in [0, 0.05) is 5.92 Å². The molecule has 0 saturated heterocycles. The summed E-state index contributed by atoms with van der Waals surface area (Å²) in [5.41, 5.74) is 10.5. The maximum absolute atomic E-state index is 2.56. The molecule has 1 atom stereocenters. The minimum atomic E-state index is 0.712. The highest BCUT2D eigenvalue weighted by atomic mass is 14.4. The maximum Gasteiger partial charge on any atom is 0.00603 e. The van der Waals surface area contributed by atoms with E-state index < -0.39 is 0 Å². The Bertz CT molecular complexity index is 634. The van der Waals surface area contributed by atoms with Crippen LogP contribution >= 0.6 is 0 Å². The summed E-state index contributed by atoms with van der Waals surface area (Å²) in [6.45, 7) is 11.7. The van der Waals surface area contributed by atoms with E-state index in [-0.39, 0.29) is 0 Å². The fraction of sp³-hybridized carbons (Fsp3) is 0.724. The zero-order valence-electron chi connectivity index (χ0n) is 20.3. The molecule has 2 rings (SSSR count). The largest absolute Gasteiger partial charge is 0.0654 e. The summed E-state index contributed by atoms with van der Waals surface area (Å²) >= 11 is 0. The summed E-state index contributed by atoms with van der Waals surface area (Å²) in [5, 5.41) is 0. The van der Waals surface area contributed by atoms with E-state index in [1.807, 2.05) is 5.57 Å². The van der Waals surface area contributed by atoms with Gasteiger partial charge in [0.25, 0.3) is 0 Å². The molecule has 0 fully saturated rings. The van der Waals surface area contributed by atoms with Crippen molar-refractivity contribution in [2.24, 2.45) is 0 Å². The van der Waals surface area contributed by atoms with Crippen LogP contribution in [-0.2, 0) is 12.8 Å². The Kier molecular flexibility index (Phi) is 11.1. The predicted octanol–water partition coefficient (Wildman–Crippen LogP) is 9.79. The zero-order chi connectivity index (χ0) is 21.1. The molecule has 1 aliphatic rings. The molecular formula is C29H48. The molecule has 0 heterocycles. The average molecular weight is 397 g/mol. The van der Waals surface area contributed by atoms with Gasteiger partial charge in [0.05, 0.1) is 0 Å². The van der Waals surface area contributed by atoms with Gasteiger partial charge in [-0.2, -0.15) is 0 Å². The van der Waals surface area contributed by atoms with Crippen molar-refractivity contribution in [2.75, 3.05) is 0 Å². The van der Waals surface area contributed by atoms with Crippen molar-refractivity contribution < 1.29 is 0 Å². The lowest BCUT2D eigenvalue weighted by atomic mass is 9.85. The van der Waals surface area contributed by atoms with E-state index in [4.69, 9.17) is 0 Å². The number of aryl methyl sites for hydroxylation is 1. The summed E-state index contributed by atoms with van der Waals surface area (Å²) in [4.78, 5) is 0. The summed E-state index contributed by atoms with van der Waals surface area (Å²) in [5.74, 6) is 0.712. The second kappa shape index (κ2) is 13.3. The smallest absolute Gasteiger partial charge is 0.00603 e. The first-order chi connectivity index (χ1) is 14.2. The third-order valence-corrected chi connectivity index (χ3v) is 6.93. The van der Waals surface area contributed by atoms with Crippen molar-refractivity contribution in [3.05, 3.63) is 40.0 Å². The van der Waals surface area contributed by atoms with Crippen LogP contribution < -0.4 is 0 Å². The number of hydrogen-bond acceptors (Lipinski definition) is 0. The Balaban J connectivity index is 2.58. The second-order valence-electron chi connectivity index (χ2n) is 9.28. The average Bonchev–Trinajstić information content (AvgIpc) is 3.04. The molecule has 0 heteroatoms. The number of fused-ring (bicyclic) bond motifs is 1. The van der Waals surface area contributed by atoms with Crippen LogP contribution in [-0.4, -0.2) is 0 Å². The highest BCUT2D eigenvalue weighted by Crippen LogP contribution is 2.50. The SMILES string of the molecule is CCCCC1=C(CCCC)C(CCCC)c2ccc(CCCC)c(CCCC)c21. The van der Waals surface area contributed by atoms with E-state index in [2.05, 4.69) is 46.8 Å². The standard InChI is InChI=1S/C29H48/c1-6-11-16-23-21-22-28-26(19-14-9-4)25(18-13-8-3)27(20-15-10-5)29(28)24(23)17-12-7-2/h21-22,26H,6-20H2,1-5H3. The lowest BCUT2D eigenvalue weighted by Gasteiger charge is -2.19. The van der Waals surface area contributed by atoms with Crippen molar-refractivity contribution in [2.45, 2.75) is 137 Å². The van der Waals surface area contributed by atoms with Crippen molar-refractivity contribution in [1.29, 1.82) is 0 Å². The first-order valence-corrected chi connectivity index (χ1v) is 13.1. The molecule has 0 nitrogen and oxygen atoms in total. The van der Waals surface area contributed by atoms with E-state index in [1.165, 1.54) is 96.3 Å². The molecule has 1 aromatic rings.